The summed E-state index contributed by atoms with van der Waals surface area (Å²) in [5, 5.41) is 30.4. The molecule has 1 heterocycles. The van der Waals surface area contributed by atoms with E-state index in [1.807, 2.05) is 0 Å². The van der Waals surface area contributed by atoms with Crippen molar-refractivity contribution in [3.05, 3.63) is 69.3 Å². The first-order chi connectivity index (χ1) is 14.5. The molecule has 4 heteroatoms. The van der Waals surface area contributed by atoms with Crippen molar-refractivity contribution in [1.82, 2.24) is 0 Å². The van der Waals surface area contributed by atoms with Crippen molar-refractivity contribution in [3.63, 3.8) is 0 Å². The van der Waals surface area contributed by atoms with Crippen molar-refractivity contribution in [3.8, 4) is 0 Å². The van der Waals surface area contributed by atoms with Crippen molar-refractivity contribution in [2.75, 3.05) is 6.61 Å². The van der Waals surface area contributed by atoms with Crippen LogP contribution in [-0.4, -0.2) is 40.2 Å². The van der Waals surface area contributed by atoms with Crippen LogP contribution in [0.4, 0.5) is 0 Å². The summed E-state index contributed by atoms with van der Waals surface area (Å²) in [6.07, 6.45) is 4.18. The SMILES string of the molecule is Cc1cc(Cc2cc(C3OC(CO)CC(O)C3O)cc3c2CCC3)ccc1C1CC1. The quantitative estimate of drug-likeness (QED) is 0.708. The van der Waals surface area contributed by atoms with E-state index in [9.17, 15) is 15.3 Å². The van der Waals surface area contributed by atoms with Gasteiger partial charge in [0.05, 0.1) is 18.8 Å². The summed E-state index contributed by atoms with van der Waals surface area (Å²) in [6.45, 7) is 2.07. The first kappa shape index (κ1) is 20.2. The molecule has 0 amide bonds. The van der Waals surface area contributed by atoms with Gasteiger partial charge in [0, 0.05) is 6.42 Å². The third kappa shape index (κ3) is 3.82. The Morgan fingerprint density at radius 3 is 2.63 bits per heavy atom. The van der Waals surface area contributed by atoms with E-state index in [2.05, 4.69) is 37.3 Å². The molecule has 4 unspecified atom stereocenters. The van der Waals surface area contributed by atoms with E-state index in [4.69, 9.17) is 4.74 Å². The van der Waals surface area contributed by atoms with Gasteiger partial charge in [-0.3, -0.25) is 0 Å². The third-order valence-electron chi connectivity index (χ3n) is 7.16. The van der Waals surface area contributed by atoms with Crippen LogP contribution in [-0.2, 0) is 24.0 Å². The van der Waals surface area contributed by atoms with Gasteiger partial charge < -0.3 is 20.1 Å². The second-order valence-electron chi connectivity index (χ2n) is 9.47. The van der Waals surface area contributed by atoms with Gasteiger partial charge in [0.25, 0.3) is 0 Å². The number of benzene rings is 2. The molecule has 0 spiro atoms. The Morgan fingerprint density at radius 2 is 1.90 bits per heavy atom. The Hall–Kier alpha value is -1.72. The lowest BCUT2D eigenvalue weighted by atomic mass is 9.88. The van der Waals surface area contributed by atoms with Crippen LogP contribution in [0.25, 0.3) is 0 Å². The summed E-state index contributed by atoms with van der Waals surface area (Å²) in [6, 6.07) is 11.2. The largest absolute Gasteiger partial charge is 0.394 e. The minimum atomic E-state index is -0.972. The second-order valence-corrected chi connectivity index (χ2v) is 9.47. The Labute approximate surface area is 178 Å². The average molecular weight is 409 g/mol. The highest BCUT2D eigenvalue weighted by Crippen LogP contribution is 2.42. The molecule has 160 valence electrons. The van der Waals surface area contributed by atoms with Crippen LogP contribution in [0.15, 0.2) is 30.3 Å². The zero-order chi connectivity index (χ0) is 20.8. The van der Waals surface area contributed by atoms with Crippen LogP contribution in [0.5, 0.6) is 0 Å². The summed E-state index contributed by atoms with van der Waals surface area (Å²) in [5.74, 6) is 0.766. The average Bonchev–Trinajstić information content (AvgIpc) is 3.46. The molecule has 2 aromatic carbocycles. The van der Waals surface area contributed by atoms with E-state index in [1.54, 1.807) is 0 Å². The van der Waals surface area contributed by atoms with Crippen LogP contribution in [0.2, 0.25) is 0 Å². The maximum absolute atomic E-state index is 10.6. The minimum absolute atomic E-state index is 0.148. The lowest BCUT2D eigenvalue weighted by Crippen LogP contribution is -2.44. The maximum atomic E-state index is 10.6. The van der Waals surface area contributed by atoms with Crippen molar-refractivity contribution < 1.29 is 20.1 Å². The van der Waals surface area contributed by atoms with Gasteiger partial charge in [-0.05, 0) is 90.3 Å². The number of aliphatic hydroxyl groups excluding tert-OH is 3. The summed E-state index contributed by atoms with van der Waals surface area (Å²) >= 11 is 0. The molecule has 0 radical (unpaired) electrons. The summed E-state index contributed by atoms with van der Waals surface area (Å²) in [5.41, 5.74) is 9.21. The normalized spacial score (nSPS) is 28.5. The topological polar surface area (TPSA) is 69.9 Å². The number of ether oxygens (including phenoxy) is 1. The number of aliphatic hydroxyl groups is 3. The van der Waals surface area contributed by atoms with Crippen LogP contribution in [0.1, 0.15) is 76.6 Å². The fourth-order valence-corrected chi connectivity index (χ4v) is 5.41. The van der Waals surface area contributed by atoms with Gasteiger partial charge in [0.1, 0.15) is 12.2 Å². The van der Waals surface area contributed by atoms with Crippen molar-refractivity contribution in [2.45, 2.75) is 82.2 Å². The van der Waals surface area contributed by atoms with E-state index < -0.39 is 24.4 Å². The van der Waals surface area contributed by atoms with Crippen LogP contribution >= 0.6 is 0 Å². The number of hydrogen-bond donors (Lipinski definition) is 3. The van der Waals surface area contributed by atoms with Crippen molar-refractivity contribution >= 4 is 0 Å². The molecule has 3 N–H and O–H groups in total. The van der Waals surface area contributed by atoms with Crippen LogP contribution in [0, 0.1) is 6.92 Å². The molecule has 2 fully saturated rings. The molecule has 4 nitrogen and oxygen atoms in total. The van der Waals surface area contributed by atoms with Crippen molar-refractivity contribution in [1.29, 1.82) is 0 Å². The summed E-state index contributed by atoms with van der Waals surface area (Å²) in [7, 11) is 0. The molecule has 5 rings (SSSR count). The second kappa shape index (κ2) is 8.08. The lowest BCUT2D eigenvalue weighted by Gasteiger charge is -2.37. The number of rotatable bonds is 5. The molecule has 4 atom stereocenters. The standard InChI is InChI=1S/C26H32O4/c1-15-9-16(5-8-22(15)17-6-7-17)10-19-12-20(11-18-3-2-4-23(18)19)26-25(29)24(28)13-21(14-27)30-26/h5,8-9,11-12,17,21,24-29H,2-4,6-7,10,13-14H2,1H3. The van der Waals surface area contributed by atoms with E-state index >= 15 is 0 Å². The molecular formula is C26H32O4. The van der Waals surface area contributed by atoms with Crippen molar-refractivity contribution in [2.24, 2.45) is 0 Å². The number of aryl methyl sites for hydroxylation is 2. The summed E-state index contributed by atoms with van der Waals surface area (Å²) in [4.78, 5) is 0. The highest BCUT2D eigenvalue weighted by Gasteiger charge is 2.38. The minimum Gasteiger partial charge on any atom is -0.394 e. The van der Waals surface area contributed by atoms with Gasteiger partial charge in [-0.1, -0.05) is 30.3 Å². The fourth-order valence-electron chi connectivity index (χ4n) is 5.41. The first-order valence-electron chi connectivity index (χ1n) is 11.4. The van der Waals surface area contributed by atoms with Gasteiger partial charge in [0.2, 0.25) is 0 Å². The van der Waals surface area contributed by atoms with E-state index in [0.29, 0.717) is 0 Å². The molecule has 2 aromatic rings. The van der Waals surface area contributed by atoms with Gasteiger partial charge in [-0.25, -0.2) is 0 Å². The van der Waals surface area contributed by atoms with Crippen LogP contribution in [0.3, 0.4) is 0 Å². The predicted molar refractivity (Wildman–Crippen MR) is 116 cm³/mol. The lowest BCUT2D eigenvalue weighted by molar-refractivity contribution is -0.179. The maximum Gasteiger partial charge on any atom is 0.111 e. The van der Waals surface area contributed by atoms with Gasteiger partial charge in [-0.2, -0.15) is 0 Å². The van der Waals surface area contributed by atoms with Gasteiger partial charge >= 0.3 is 0 Å². The zero-order valence-corrected chi connectivity index (χ0v) is 17.7. The molecule has 0 bridgehead atoms. The zero-order valence-electron chi connectivity index (χ0n) is 17.7. The molecule has 3 aliphatic rings. The van der Waals surface area contributed by atoms with E-state index in [-0.39, 0.29) is 13.0 Å². The first-order valence-corrected chi connectivity index (χ1v) is 11.4. The highest BCUT2D eigenvalue weighted by molar-refractivity contribution is 5.46. The Kier molecular flexibility index (Phi) is 5.44. The molecule has 1 saturated heterocycles. The van der Waals surface area contributed by atoms with E-state index in [0.717, 1.165) is 37.2 Å². The molecule has 2 aliphatic carbocycles. The smallest absolute Gasteiger partial charge is 0.111 e. The third-order valence-corrected chi connectivity index (χ3v) is 7.16. The molecule has 0 aromatic heterocycles. The van der Waals surface area contributed by atoms with Gasteiger partial charge in [0.15, 0.2) is 0 Å². The molecular weight excluding hydrogens is 376 g/mol. The molecule has 1 aliphatic heterocycles. The Bertz CT molecular complexity index is 933. The summed E-state index contributed by atoms with van der Waals surface area (Å²) < 4.78 is 5.98. The number of hydrogen-bond acceptors (Lipinski definition) is 4. The van der Waals surface area contributed by atoms with Gasteiger partial charge in [-0.15, -0.1) is 0 Å². The predicted octanol–water partition coefficient (Wildman–Crippen LogP) is 3.50. The highest BCUT2D eigenvalue weighted by atomic mass is 16.5. The molecule has 30 heavy (non-hydrogen) atoms. The fraction of sp³-hybridized carbons (Fsp3) is 0.538. The molecule has 1 saturated carbocycles. The van der Waals surface area contributed by atoms with Crippen LogP contribution < -0.4 is 0 Å². The Morgan fingerprint density at radius 1 is 1.07 bits per heavy atom. The van der Waals surface area contributed by atoms with E-state index in [1.165, 1.54) is 46.2 Å². The monoisotopic (exact) mass is 408 g/mol. The Balaban J connectivity index is 1.47. The number of fused-ring (bicyclic) bond motifs is 1.